The molecular weight excluding hydrogens is 354 g/mol. The van der Waals surface area contributed by atoms with Gasteiger partial charge < -0.3 is 4.74 Å². The van der Waals surface area contributed by atoms with Gasteiger partial charge in [-0.25, -0.2) is 9.78 Å². The summed E-state index contributed by atoms with van der Waals surface area (Å²) >= 11 is 1.45. The Morgan fingerprint density at radius 3 is 2.22 bits per heavy atom. The van der Waals surface area contributed by atoms with Crippen molar-refractivity contribution >= 4 is 17.3 Å². The van der Waals surface area contributed by atoms with E-state index in [1.807, 2.05) is 25.1 Å². The monoisotopic (exact) mass is 379 g/mol. The lowest BCUT2D eigenvalue weighted by Gasteiger charge is -2.13. The fourth-order valence-electron chi connectivity index (χ4n) is 2.79. The summed E-state index contributed by atoms with van der Waals surface area (Å²) in [5, 5.41) is 0.960. The van der Waals surface area contributed by atoms with E-state index in [0.717, 1.165) is 16.3 Å². The molecule has 140 valence electrons. The minimum Gasteiger partial charge on any atom is -0.462 e. The van der Waals surface area contributed by atoms with Crippen molar-refractivity contribution in [2.75, 3.05) is 6.61 Å². The lowest BCUT2D eigenvalue weighted by Crippen LogP contribution is -2.10. The molecule has 0 aliphatic carbocycles. The van der Waals surface area contributed by atoms with Crippen molar-refractivity contribution in [1.82, 2.24) is 4.98 Å². The number of hydrogen-bond donors (Lipinski definition) is 0. The van der Waals surface area contributed by atoms with Crippen LogP contribution in [0.15, 0.2) is 54.6 Å². The van der Waals surface area contributed by atoms with E-state index in [2.05, 4.69) is 57.2 Å². The second kappa shape index (κ2) is 8.05. The lowest BCUT2D eigenvalue weighted by molar-refractivity contribution is 0.0530. The van der Waals surface area contributed by atoms with Crippen LogP contribution in [-0.2, 0) is 16.6 Å². The predicted octanol–water partition coefficient (Wildman–Crippen LogP) is 5.88. The van der Waals surface area contributed by atoms with Crippen LogP contribution in [0, 0.1) is 0 Å². The van der Waals surface area contributed by atoms with Crippen molar-refractivity contribution in [1.29, 1.82) is 0 Å². The second-order valence-corrected chi connectivity index (χ2v) is 8.50. The Morgan fingerprint density at radius 1 is 1.00 bits per heavy atom. The summed E-state index contributed by atoms with van der Waals surface area (Å²) in [6.07, 6.45) is 0.621. The third kappa shape index (κ3) is 4.64. The molecule has 0 saturated heterocycles. The molecule has 0 spiro atoms. The summed E-state index contributed by atoms with van der Waals surface area (Å²) in [5.74, 6) is -0.276. The summed E-state index contributed by atoms with van der Waals surface area (Å²) in [5.41, 5.74) is 4.21. The van der Waals surface area contributed by atoms with E-state index in [9.17, 15) is 4.79 Å². The van der Waals surface area contributed by atoms with Crippen LogP contribution in [0.25, 0.3) is 11.1 Å². The average molecular weight is 380 g/mol. The van der Waals surface area contributed by atoms with E-state index < -0.39 is 0 Å². The number of thiazole rings is 1. The molecule has 2 aromatic carbocycles. The Kier molecular flexibility index (Phi) is 5.76. The lowest BCUT2D eigenvalue weighted by atomic mass is 9.98. The Morgan fingerprint density at radius 2 is 1.63 bits per heavy atom. The summed E-state index contributed by atoms with van der Waals surface area (Å²) in [7, 11) is 0. The maximum absolute atomic E-state index is 12.4. The van der Waals surface area contributed by atoms with E-state index in [1.165, 1.54) is 22.5 Å². The van der Waals surface area contributed by atoms with Crippen molar-refractivity contribution in [3.63, 3.8) is 0 Å². The fraction of sp³-hybridized carbons (Fsp3) is 0.304. The molecule has 4 heteroatoms. The van der Waals surface area contributed by atoms with Gasteiger partial charge in [-0.3, -0.25) is 0 Å². The number of benzene rings is 2. The van der Waals surface area contributed by atoms with Crippen LogP contribution in [0.5, 0.6) is 0 Å². The van der Waals surface area contributed by atoms with Gasteiger partial charge in [-0.05, 0) is 23.6 Å². The van der Waals surface area contributed by atoms with Gasteiger partial charge in [0.25, 0.3) is 0 Å². The minimum absolute atomic E-state index is 0.0959. The molecule has 27 heavy (non-hydrogen) atoms. The van der Waals surface area contributed by atoms with Crippen LogP contribution in [0.1, 0.15) is 53.6 Å². The molecule has 0 amide bonds. The molecule has 0 saturated carbocycles. The van der Waals surface area contributed by atoms with E-state index in [4.69, 9.17) is 9.72 Å². The highest BCUT2D eigenvalue weighted by Gasteiger charge is 2.25. The van der Waals surface area contributed by atoms with Gasteiger partial charge in [0, 0.05) is 11.8 Å². The Bertz CT molecular complexity index is 906. The first kappa shape index (κ1) is 19.3. The van der Waals surface area contributed by atoms with Crippen LogP contribution < -0.4 is 0 Å². The van der Waals surface area contributed by atoms with Crippen molar-refractivity contribution in [3.8, 4) is 11.1 Å². The number of nitrogens with zero attached hydrogens (tertiary/aromatic N) is 1. The first-order valence-electron chi connectivity index (χ1n) is 9.20. The highest BCUT2D eigenvalue weighted by Crippen LogP contribution is 2.31. The Hall–Kier alpha value is -2.46. The number of carbonyl (C=O) groups excluding carboxylic acids is 1. The largest absolute Gasteiger partial charge is 0.462 e. The average Bonchev–Trinajstić information content (AvgIpc) is 3.08. The van der Waals surface area contributed by atoms with E-state index in [1.54, 1.807) is 0 Å². The van der Waals surface area contributed by atoms with Crippen molar-refractivity contribution < 1.29 is 9.53 Å². The normalized spacial score (nSPS) is 11.4. The molecule has 0 aliphatic rings. The standard InChI is InChI=1S/C23H25NO2S/c1-5-26-21(25)20-19(24-22(27-20)23(2,3)4)15-16-11-13-18(14-12-16)17-9-7-6-8-10-17/h6-14H,5,15H2,1-4H3. The van der Waals surface area contributed by atoms with Crippen molar-refractivity contribution in [2.45, 2.75) is 39.5 Å². The number of esters is 1. The van der Waals surface area contributed by atoms with Gasteiger partial charge in [-0.15, -0.1) is 11.3 Å². The van der Waals surface area contributed by atoms with Crippen molar-refractivity contribution in [3.05, 3.63) is 75.7 Å². The fourth-order valence-corrected chi connectivity index (χ4v) is 3.82. The number of carbonyl (C=O) groups is 1. The van der Waals surface area contributed by atoms with Gasteiger partial charge in [0.2, 0.25) is 0 Å². The Balaban J connectivity index is 1.88. The van der Waals surface area contributed by atoms with Gasteiger partial charge in [-0.2, -0.15) is 0 Å². The van der Waals surface area contributed by atoms with Crippen LogP contribution in [-0.4, -0.2) is 17.6 Å². The highest BCUT2D eigenvalue weighted by atomic mass is 32.1. The molecule has 0 N–H and O–H groups in total. The zero-order valence-corrected chi connectivity index (χ0v) is 17.1. The molecule has 0 unspecified atom stereocenters. The molecule has 0 aliphatic heterocycles. The number of hydrogen-bond acceptors (Lipinski definition) is 4. The third-order valence-electron chi connectivity index (χ3n) is 4.23. The SMILES string of the molecule is CCOC(=O)c1sc(C(C)(C)C)nc1Cc1ccc(-c2ccccc2)cc1. The molecule has 3 rings (SSSR count). The number of rotatable bonds is 5. The third-order valence-corrected chi connectivity index (χ3v) is 5.74. The van der Waals surface area contributed by atoms with Gasteiger partial charge in [-0.1, -0.05) is 75.4 Å². The zero-order chi connectivity index (χ0) is 19.4. The Labute approximate surface area is 165 Å². The van der Waals surface area contributed by atoms with Crippen LogP contribution in [0.4, 0.5) is 0 Å². The maximum Gasteiger partial charge on any atom is 0.350 e. The molecule has 1 heterocycles. The molecule has 0 atom stereocenters. The van der Waals surface area contributed by atoms with Gasteiger partial charge in [0.15, 0.2) is 0 Å². The minimum atomic E-state index is -0.276. The first-order valence-corrected chi connectivity index (χ1v) is 10.0. The zero-order valence-electron chi connectivity index (χ0n) is 16.3. The first-order chi connectivity index (χ1) is 12.9. The maximum atomic E-state index is 12.4. The van der Waals surface area contributed by atoms with Crippen LogP contribution >= 0.6 is 11.3 Å². The van der Waals surface area contributed by atoms with Gasteiger partial charge in [0.1, 0.15) is 4.88 Å². The molecule has 1 aromatic heterocycles. The predicted molar refractivity (Wildman–Crippen MR) is 111 cm³/mol. The van der Waals surface area contributed by atoms with Gasteiger partial charge in [0.05, 0.1) is 17.3 Å². The summed E-state index contributed by atoms with van der Waals surface area (Å²) in [4.78, 5) is 17.8. The van der Waals surface area contributed by atoms with Crippen molar-refractivity contribution in [2.24, 2.45) is 0 Å². The highest BCUT2D eigenvalue weighted by molar-refractivity contribution is 7.13. The molecule has 0 bridgehead atoms. The summed E-state index contributed by atoms with van der Waals surface area (Å²) in [6.45, 7) is 8.52. The second-order valence-electron chi connectivity index (χ2n) is 7.51. The summed E-state index contributed by atoms with van der Waals surface area (Å²) in [6, 6.07) is 18.7. The van der Waals surface area contributed by atoms with Crippen LogP contribution in [0.2, 0.25) is 0 Å². The molecule has 3 nitrogen and oxygen atoms in total. The molecule has 0 radical (unpaired) electrons. The quantitative estimate of drug-likeness (QED) is 0.520. The number of aromatic nitrogens is 1. The smallest absolute Gasteiger partial charge is 0.350 e. The van der Waals surface area contributed by atoms with E-state index in [-0.39, 0.29) is 11.4 Å². The van der Waals surface area contributed by atoms with Crippen LogP contribution in [0.3, 0.4) is 0 Å². The summed E-state index contributed by atoms with van der Waals surface area (Å²) < 4.78 is 5.24. The van der Waals surface area contributed by atoms with E-state index >= 15 is 0 Å². The molecule has 3 aromatic rings. The topological polar surface area (TPSA) is 39.2 Å². The van der Waals surface area contributed by atoms with E-state index in [0.29, 0.717) is 17.9 Å². The molecular formula is C23H25NO2S. The number of ether oxygens (including phenoxy) is 1. The molecule has 0 fully saturated rings. The van der Waals surface area contributed by atoms with Gasteiger partial charge >= 0.3 is 5.97 Å².